The van der Waals surface area contributed by atoms with Gasteiger partial charge in [-0.2, -0.15) is 0 Å². The molecule has 0 heterocycles. The van der Waals surface area contributed by atoms with Gasteiger partial charge in [-0.25, -0.2) is 0 Å². The quantitative estimate of drug-likeness (QED) is 0.123. The molecule has 0 atom stereocenters. The zero-order chi connectivity index (χ0) is 30.8. The summed E-state index contributed by atoms with van der Waals surface area (Å²) in [6.45, 7) is 12.0. The Labute approximate surface area is 266 Å². The van der Waals surface area contributed by atoms with E-state index < -0.39 is 0 Å². The molecule has 42 heavy (non-hydrogen) atoms. The first-order valence-electron chi connectivity index (χ1n) is 14.0. The Bertz CT molecular complexity index is 1360. The summed E-state index contributed by atoms with van der Waals surface area (Å²) in [6, 6.07) is 23.8. The summed E-state index contributed by atoms with van der Waals surface area (Å²) in [5.41, 5.74) is 7.90. The molecule has 0 aliphatic rings. The average Bonchev–Trinajstić information content (AvgIpc) is 2.97. The Balaban J connectivity index is 0.000000230. The molecule has 0 spiro atoms. The highest BCUT2D eigenvalue weighted by Crippen LogP contribution is 2.29. The van der Waals surface area contributed by atoms with Crippen molar-refractivity contribution in [1.82, 2.24) is 0 Å². The van der Waals surface area contributed by atoms with Crippen molar-refractivity contribution < 1.29 is 19.1 Å². The number of hydrogen-bond donors (Lipinski definition) is 0. The Morgan fingerprint density at radius 2 is 0.810 bits per heavy atom. The molecule has 0 saturated heterocycles. The van der Waals surface area contributed by atoms with E-state index in [0.29, 0.717) is 10.7 Å². The summed E-state index contributed by atoms with van der Waals surface area (Å²) in [5.74, 6) is 3.35. The van der Waals surface area contributed by atoms with Gasteiger partial charge in [-0.3, -0.25) is 9.59 Å². The van der Waals surface area contributed by atoms with Gasteiger partial charge in [-0.1, -0.05) is 70.0 Å². The predicted molar refractivity (Wildman–Crippen MR) is 180 cm³/mol. The monoisotopic (exact) mass is 692 g/mol. The van der Waals surface area contributed by atoms with Crippen LogP contribution in [0.25, 0.3) is 0 Å². The fraction of sp³-hybridized carbons (Fsp3) is 0.278. The molecular formula is C36H38Br2O4. The number of halogens is 2. The minimum absolute atomic E-state index is 0.101. The molecule has 0 amide bonds. The Kier molecular flexibility index (Phi) is 12.6. The van der Waals surface area contributed by atoms with Gasteiger partial charge in [-0.05, 0) is 122 Å². The number of carbonyl (C=O) groups is 2. The van der Waals surface area contributed by atoms with Gasteiger partial charge in [0.25, 0.3) is 0 Å². The van der Waals surface area contributed by atoms with Crippen molar-refractivity contribution in [2.75, 3.05) is 10.7 Å². The summed E-state index contributed by atoms with van der Waals surface area (Å²) in [7, 11) is 0. The van der Waals surface area contributed by atoms with E-state index in [1.165, 1.54) is 11.1 Å². The smallest absolute Gasteiger partial charge is 0.173 e. The second kappa shape index (κ2) is 15.9. The van der Waals surface area contributed by atoms with Crippen LogP contribution in [0.3, 0.4) is 0 Å². The molecule has 0 bridgehead atoms. The highest BCUT2D eigenvalue weighted by atomic mass is 79.9. The first kappa shape index (κ1) is 33.3. The Hall–Kier alpha value is -3.22. The second-order valence-corrected chi connectivity index (χ2v) is 11.3. The molecular weight excluding hydrogens is 656 g/mol. The molecule has 0 N–H and O–H groups in total. The van der Waals surface area contributed by atoms with E-state index in [9.17, 15) is 9.59 Å². The van der Waals surface area contributed by atoms with Crippen LogP contribution >= 0.6 is 31.9 Å². The minimum Gasteiger partial charge on any atom is -0.457 e. The molecule has 4 aromatic carbocycles. The van der Waals surface area contributed by atoms with Gasteiger partial charge in [0.05, 0.1) is 10.7 Å². The van der Waals surface area contributed by atoms with Crippen LogP contribution in [0.4, 0.5) is 0 Å². The summed E-state index contributed by atoms with van der Waals surface area (Å²) in [6.07, 6.45) is 2.03. The lowest BCUT2D eigenvalue weighted by molar-refractivity contribution is 0.101. The Morgan fingerprint density at radius 1 is 0.524 bits per heavy atom. The lowest BCUT2D eigenvalue weighted by Gasteiger charge is -2.12. The molecule has 0 saturated carbocycles. The third-order valence-electron chi connectivity index (χ3n) is 6.95. The molecule has 0 unspecified atom stereocenters. The third kappa shape index (κ3) is 8.89. The number of ether oxygens (including phenoxy) is 2. The van der Waals surface area contributed by atoms with Crippen molar-refractivity contribution in [1.29, 1.82) is 0 Å². The number of alkyl halides is 2. The third-order valence-corrected chi connectivity index (χ3v) is 7.97. The molecule has 220 valence electrons. The van der Waals surface area contributed by atoms with E-state index in [1.807, 2.05) is 76.2 Å². The normalized spacial score (nSPS) is 10.5. The van der Waals surface area contributed by atoms with E-state index >= 15 is 0 Å². The fourth-order valence-electron chi connectivity index (χ4n) is 4.84. The largest absolute Gasteiger partial charge is 0.457 e. The molecule has 4 aromatic rings. The van der Waals surface area contributed by atoms with Gasteiger partial charge in [0.2, 0.25) is 0 Å². The van der Waals surface area contributed by atoms with E-state index in [1.54, 1.807) is 0 Å². The number of hydrogen-bond acceptors (Lipinski definition) is 4. The van der Waals surface area contributed by atoms with Crippen LogP contribution in [0, 0.1) is 27.7 Å². The summed E-state index contributed by atoms with van der Waals surface area (Å²) in [5, 5.41) is 0.681. The maximum absolute atomic E-state index is 11.9. The van der Waals surface area contributed by atoms with E-state index in [4.69, 9.17) is 9.47 Å². The topological polar surface area (TPSA) is 52.6 Å². The Morgan fingerprint density at radius 3 is 1.05 bits per heavy atom. The van der Waals surface area contributed by atoms with Gasteiger partial charge in [0.1, 0.15) is 23.0 Å². The number of ketones is 2. The maximum Gasteiger partial charge on any atom is 0.173 e. The average molecular weight is 695 g/mol. The number of rotatable bonds is 10. The summed E-state index contributed by atoms with van der Waals surface area (Å²) in [4.78, 5) is 23.8. The van der Waals surface area contributed by atoms with Crippen molar-refractivity contribution in [2.24, 2.45) is 0 Å². The van der Waals surface area contributed by atoms with Crippen molar-refractivity contribution >= 4 is 43.4 Å². The van der Waals surface area contributed by atoms with Crippen LogP contribution in [0.1, 0.15) is 67.9 Å². The SMILES string of the molecule is CCc1ccc(Oc2cc(C)c(C(=O)CBr)c(C)c2)cc1.CCc1ccc(Oc2cc(C)c(C(=O)CBr)c(C)c2)cc1. The highest BCUT2D eigenvalue weighted by Gasteiger charge is 2.14. The zero-order valence-corrected chi connectivity index (χ0v) is 28.3. The molecule has 6 heteroatoms. The fourth-order valence-corrected chi connectivity index (χ4v) is 5.40. The van der Waals surface area contributed by atoms with Gasteiger partial charge in [-0.15, -0.1) is 0 Å². The van der Waals surface area contributed by atoms with Gasteiger partial charge < -0.3 is 9.47 Å². The van der Waals surface area contributed by atoms with Crippen LogP contribution in [-0.4, -0.2) is 22.2 Å². The standard InChI is InChI=1S/2C18H19BrO2/c2*1-4-14-5-7-15(8-6-14)21-16-9-12(2)18(13(3)10-16)17(20)11-19/h2*5-10H,4,11H2,1-3H3. The lowest BCUT2D eigenvalue weighted by Crippen LogP contribution is -2.05. The van der Waals surface area contributed by atoms with Gasteiger partial charge >= 0.3 is 0 Å². The van der Waals surface area contributed by atoms with Crippen LogP contribution < -0.4 is 9.47 Å². The molecule has 0 radical (unpaired) electrons. The first-order chi connectivity index (χ1) is 20.1. The van der Waals surface area contributed by atoms with Crippen LogP contribution in [0.2, 0.25) is 0 Å². The number of Topliss-reactive ketones (excluding diaryl/α,β-unsaturated/α-hetero) is 2. The lowest BCUT2D eigenvalue weighted by atomic mass is 9.99. The van der Waals surface area contributed by atoms with Crippen molar-refractivity contribution in [3.05, 3.63) is 117 Å². The van der Waals surface area contributed by atoms with Gasteiger partial charge in [0.15, 0.2) is 11.6 Å². The number of benzene rings is 4. The van der Waals surface area contributed by atoms with Crippen molar-refractivity contribution in [3.63, 3.8) is 0 Å². The molecule has 4 nitrogen and oxygen atoms in total. The van der Waals surface area contributed by atoms with Gasteiger partial charge in [0, 0.05) is 11.1 Å². The molecule has 0 aromatic heterocycles. The molecule has 0 fully saturated rings. The minimum atomic E-state index is 0.101. The predicted octanol–water partition coefficient (Wildman–Crippen LogP) is 10.5. The van der Waals surface area contributed by atoms with Crippen LogP contribution in [0.15, 0.2) is 72.8 Å². The summed E-state index contributed by atoms with van der Waals surface area (Å²) >= 11 is 6.45. The van der Waals surface area contributed by atoms with E-state index in [2.05, 4.69) is 70.0 Å². The first-order valence-corrected chi connectivity index (χ1v) is 16.3. The van der Waals surface area contributed by atoms with Crippen molar-refractivity contribution in [2.45, 2.75) is 54.4 Å². The number of aryl methyl sites for hydroxylation is 6. The zero-order valence-electron chi connectivity index (χ0n) is 25.1. The molecule has 0 aliphatic carbocycles. The van der Waals surface area contributed by atoms with Crippen molar-refractivity contribution in [3.8, 4) is 23.0 Å². The molecule has 0 aliphatic heterocycles. The van der Waals surface area contributed by atoms with Crippen LogP contribution in [-0.2, 0) is 12.8 Å². The number of carbonyl (C=O) groups excluding carboxylic acids is 2. The van der Waals surface area contributed by atoms with E-state index in [0.717, 1.165) is 69.2 Å². The maximum atomic E-state index is 11.9. The second-order valence-electron chi connectivity index (χ2n) is 10.2. The summed E-state index contributed by atoms with van der Waals surface area (Å²) < 4.78 is 11.8. The van der Waals surface area contributed by atoms with E-state index in [-0.39, 0.29) is 11.6 Å². The highest BCUT2D eigenvalue weighted by molar-refractivity contribution is 9.09. The van der Waals surface area contributed by atoms with Crippen LogP contribution in [0.5, 0.6) is 23.0 Å². The molecule has 4 rings (SSSR count).